The molecule has 1 aromatic carbocycles. The van der Waals surface area contributed by atoms with Crippen molar-refractivity contribution in [3.8, 4) is 6.07 Å². The molecule has 96 valence electrons. The molecule has 0 atom stereocenters. The van der Waals surface area contributed by atoms with Crippen molar-refractivity contribution < 1.29 is 4.92 Å². The van der Waals surface area contributed by atoms with E-state index in [1.54, 1.807) is 6.07 Å². The molecule has 2 rings (SSSR count). The lowest BCUT2D eigenvalue weighted by atomic mass is 10.1. The Labute approximate surface area is 110 Å². The minimum absolute atomic E-state index is 0.0824. The van der Waals surface area contributed by atoms with E-state index in [0.717, 1.165) is 5.69 Å². The molecule has 0 saturated carbocycles. The molecule has 0 aliphatic rings. The predicted octanol–water partition coefficient (Wildman–Crippen LogP) is 2.42. The van der Waals surface area contributed by atoms with Crippen LogP contribution >= 0.6 is 0 Å². The first-order valence-corrected chi connectivity index (χ1v) is 5.64. The minimum Gasteiger partial charge on any atom is -0.378 e. The van der Waals surface area contributed by atoms with E-state index in [-0.39, 0.29) is 11.3 Å². The van der Waals surface area contributed by atoms with Crippen LogP contribution in [-0.4, -0.2) is 9.49 Å². The molecule has 0 bridgehead atoms. The van der Waals surface area contributed by atoms with Crippen LogP contribution in [0.3, 0.4) is 0 Å². The number of nitrogens with one attached hydrogen (secondary N) is 1. The molecule has 0 aliphatic heterocycles. The summed E-state index contributed by atoms with van der Waals surface area (Å²) in [5.74, 6) is 0. The van der Waals surface area contributed by atoms with Crippen molar-refractivity contribution in [2.24, 2.45) is 7.05 Å². The smallest absolute Gasteiger partial charge is 0.270 e. The third-order valence-electron chi connectivity index (χ3n) is 2.85. The summed E-state index contributed by atoms with van der Waals surface area (Å²) in [6.45, 7) is 0.552. The van der Waals surface area contributed by atoms with Gasteiger partial charge >= 0.3 is 0 Å². The van der Waals surface area contributed by atoms with Crippen LogP contribution in [0.2, 0.25) is 0 Å². The molecule has 0 fully saturated rings. The van der Waals surface area contributed by atoms with E-state index in [2.05, 4.69) is 5.32 Å². The number of hydrogen-bond donors (Lipinski definition) is 1. The fourth-order valence-electron chi connectivity index (χ4n) is 1.76. The van der Waals surface area contributed by atoms with Gasteiger partial charge in [0.25, 0.3) is 5.69 Å². The van der Waals surface area contributed by atoms with Crippen LogP contribution in [0.1, 0.15) is 11.3 Å². The van der Waals surface area contributed by atoms with Gasteiger partial charge in [-0.3, -0.25) is 10.1 Å². The van der Waals surface area contributed by atoms with Crippen molar-refractivity contribution >= 4 is 11.4 Å². The van der Waals surface area contributed by atoms with Crippen LogP contribution in [-0.2, 0) is 13.6 Å². The molecule has 2 aromatic rings. The Morgan fingerprint density at radius 3 is 2.84 bits per heavy atom. The Hall–Kier alpha value is -2.81. The predicted molar refractivity (Wildman–Crippen MR) is 70.6 cm³/mol. The van der Waals surface area contributed by atoms with E-state index in [4.69, 9.17) is 5.26 Å². The summed E-state index contributed by atoms with van der Waals surface area (Å²) < 4.78 is 1.96. The molecule has 6 heteroatoms. The van der Waals surface area contributed by atoms with Gasteiger partial charge in [0.2, 0.25) is 0 Å². The summed E-state index contributed by atoms with van der Waals surface area (Å²) in [5.41, 5.74) is 1.83. The molecule has 1 N–H and O–H groups in total. The maximum absolute atomic E-state index is 10.6. The molecule has 0 amide bonds. The zero-order valence-corrected chi connectivity index (χ0v) is 10.3. The summed E-state index contributed by atoms with van der Waals surface area (Å²) in [6.07, 6.45) is 1.93. The quantitative estimate of drug-likeness (QED) is 0.672. The number of aryl methyl sites for hydroxylation is 1. The molecule has 1 heterocycles. The second-order valence-corrected chi connectivity index (χ2v) is 4.06. The summed E-state index contributed by atoms with van der Waals surface area (Å²) in [7, 11) is 1.93. The van der Waals surface area contributed by atoms with Crippen LogP contribution < -0.4 is 5.32 Å². The van der Waals surface area contributed by atoms with E-state index in [0.29, 0.717) is 12.2 Å². The number of nitro benzene ring substituents is 1. The van der Waals surface area contributed by atoms with Crippen LogP contribution in [0.25, 0.3) is 0 Å². The van der Waals surface area contributed by atoms with E-state index >= 15 is 0 Å². The lowest BCUT2D eigenvalue weighted by Crippen LogP contribution is -2.05. The van der Waals surface area contributed by atoms with Crippen molar-refractivity contribution in [2.45, 2.75) is 6.54 Å². The normalized spacial score (nSPS) is 9.89. The monoisotopic (exact) mass is 256 g/mol. The zero-order valence-electron chi connectivity index (χ0n) is 10.3. The second kappa shape index (κ2) is 5.23. The molecule has 0 spiro atoms. The standard InChI is InChI=1S/C13H12N4O2/c1-16-6-2-3-12(16)9-15-13-5-4-11(17(18)19)7-10(13)8-14/h2-7,15H,9H2,1H3. The summed E-state index contributed by atoms with van der Waals surface area (Å²) >= 11 is 0. The molecule has 0 saturated heterocycles. The molecule has 0 radical (unpaired) electrons. The number of hydrogen-bond acceptors (Lipinski definition) is 4. The first-order valence-electron chi connectivity index (χ1n) is 5.64. The van der Waals surface area contributed by atoms with E-state index in [1.165, 1.54) is 12.1 Å². The SMILES string of the molecule is Cn1cccc1CNc1ccc([N+](=O)[O-])cc1C#N. The van der Waals surface area contributed by atoms with Gasteiger partial charge in [-0.25, -0.2) is 0 Å². The number of anilines is 1. The highest BCUT2D eigenvalue weighted by Crippen LogP contribution is 2.21. The number of benzene rings is 1. The van der Waals surface area contributed by atoms with Gasteiger partial charge < -0.3 is 9.88 Å². The number of aromatic nitrogens is 1. The fraction of sp³-hybridized carbons (Fsp3) is 0.154. The van der Waals surface area contributed by atoms with Crippen molar-refractivity contribution in [3.63, 3.8) is 0 Å². The minimum atomic E-state index is -0.512. The number of non-ortho nitro benzene ring substituents is 1. The van der Waals surface area contributed by atoms with E-state index < -0.39 is 4.92 Å². The number of nitrogens with zero attached hydrogens (tertiary/aromatic N) is 3. The fourth-order valence-corrected chi connectivity index (χ4v) is 1.76. The average Bonchev–Trinajstić information content (AvgIpc) is 2.81. The van der Waals surface area contributed by atoms with E-state index in [9.17, 15) is 10.1 Å². The first kappa shape index (κ1) is 12.6. The molecule has 0 aliphatic carbocycles. The lowest BCUT2D eigenvalue weighted by molar-refractivity contribution is -0.384. The number of nitriles is 1. The van der Waals surface area contributed by atoms with Gasteiger partial charge in [0.05, 0.1) is 22.7 Å². The second-order valence-electron chi connectivity index (χ2n) is 4.06. The number of nitro groups is 1. The highest BCUT2D eigenvalue weighted by atomic mass is 16.6. The highest BCUT2D eigenvalue weighted by Gasteiger charge is 2.10. The maximum atomic E-state index is 10.6. The highest BCUT2D eigenvalue weighted by molar-refractivity contribution is 5.61. The molecule has 6 nitrogen and oxygen atoms in total. The third kappa shape index (κ3) is 2.72. The van der Waals surface area contributed by atoms with Gasteiger partial charge in [-0.05, 0) is 18.2 Å². The maximum Gasteiger partial charge on any atom is 0.270 e. The molecule has 1 aromatic heterocycles. The number of rotatable bonds is 4. The van der Waals surface area contributed by atoms with Crippen LogP contribution in [0, 0.1) is 21.4 Å². The largest absolute Gasteiger partial charge is 0.378 e. The Morgan fingerprint density at radius 2 is 2.26 bits per heavy atom. The first-order chi connectivity index (χ1) is 9.11. The Kier molecular flexibility index (Phi) is 3.48. The lowest BCUT2D eigenvalue weighted by Gasteiger charge is -2.08. The van der Waals surface area contributed by atoms with Crippen LogP contribution in [0.15, 0.2) is 36.5 Å². The van der Waals surface area contributed by atoms with Crippen LogP contribution in [0.5, 0.6) is 0 Å². The molecular weight excluding hydrogens is 244 g/mol. The Morgan fingerprint density at radius 1 is 1.47 bits per heavy atom. The van der Waals surface area contributed by atoms with Gasteiger partial charge in [0.1, 0.15) is 6.07 Å². The van der Waals surface area contributed by atoms with Gasteiger partial charge in [-0.2, -0.15) is 5.26 Å². The van der Waals surface area contributed by atoms with Crippen molar-refractivity contribution in [3.05, 3.63) is 57.9 Å². The molecular formula is C13H12N4O2. The van der Waals surface area contributed by atoms with Gasteiger partial charge in [0.15, 0.2) is 0 Å². The average molecular weight is 256 g/mol. The molecule has 0 unspecified atom stereocenters. The Bertz CT molecular complexity index is 655. The van der Waals surface area contributed by atoms with Crippen molar-refractivity contribution in [1.82, 2.24) is 4.57 Å². The summed E-state index contributed by atoms with van der Waals surface area (Å²) in [6, 6.07) is 10.1. The van der Waals surface area contributed by atoms with Crippen molar-refractivity contribution in [1.29, 1.82) is 5.26 Å². The summed E-state index contributed by atoms with van der Waals surface area (Å²) in [5, 5.41) is 22.8. The van der Waals surface area contributed by atoms with Gasteiger partial charge in [-0.1, -0.05) is 0 Å². The third-order valence-corrected chi connectivity index (χ3v) is 2.85. The zero-order chi connectivity index (χ0) is 13.8. The molecule has 19 heavy (non-hydrogen) atoms. The topological polar surface area (TPSA) is 83.9 Å². The van der Waals surface area contributed by atoms with Crippen molar-refractivity contribution in [2.75, 3.05) is 5.32 Å². The van der Waals surface area contributed by atoms with Gasteiger partial charge in [-0.15, -0.1) is 0 Å². The summed E-state index contributed by atoms with van der Waals surface area (Å²) in [4.78, 5) is 10.1. The van der Waals surface area contributed by atoms with E-state index in [1.807, 2.05) is 36.0 Å². The van der Waals surface area contributed by atoms with Gasteiger partial charge in [0, 0.05) is 31.1 Å². The van der Waals surface area contributed by atoms with Crippen LogP contribution in [0.4, 0.5) is 11.4 Å². The Balaban J connectivity index is 2.19.